The second kappa shape index (κ2) is 5.53. The molecule has 0 saturated heterocycles. The minimum absolute atomic E-state index is 0.262. The summed E-state index contributed by atoms with van der Waals surface area (Å²) in [7, 11) is 0. The minimum atomic E-state index is -3.46. The molecule has 0 heterocycles. The SMILES string of the molecule is CSc1ccc(-c2ccccc2C(F)(F)C=O)cc1. The lowest BCUT2D eigenvalue weighted by Crippen LogP contribution is -2.16. The van der Waals surface area contributed by atoms with Gasteiger partial charge >= 0.3 is 5.92 Å². The van der Waals surface area contributed by atoms with Crippen LogP contribution < -0.4 is 0 Å². The number of halogens is 2. The third-order valence-electron chi connectivity index (χ3n) is 2.84. The number of hydrogen-bond donors (Lipinski definition) is 0. The van der Waals surface area contributed by atoms with Crippen LogP contribution in [-0.2, 0) is 10.7 Å². The Morgan fingerprint density at radius 2 is 1.68 bits per heavy atom. The molecule has 0 atom stereocenters. The number of carbonyl (C=O) groups excluding carboxylic acids is 1. The summed E-state index contributed by atoms with van der Waals surface area (Å²) in [6.07, 6.45) is 1.63. The molecule has 0 unspecified atom stereocenters. The van der Waals surface area contributed by atoms with E-state index >= 15 is 0 Å². The molecule has 0 amide bonds. The molecule has 4 heteroatoms. The Hall–Kier alpha value is -1.68. The molecule has 2 rings (SSSR count). The van der Waals surface area contributed by atoms with E-state index in [-0.39, 0.29) is 11.8 Å². The quantitative estimate of drug-likeness (QED) is 0.610. The van der Waals surface area contributed by atoms with E-state index < -0.39 is 5.92 Å². The zero-order valence-corrected chi connectivity index (χ0v) is 11.1. The molecule has 0 fully saturated rings. The van der Waals surface area contributed by atoms with E-state index in [1.807, 2.05) is 18.4 Å². The number of alkyl halides is 2. The second-order valence-corrected chi connectivity index (χ2v) is 4.89. The van der Waals surface area contributed by atoms with Gasteiger partial charge in [0.05, 0.1) is 0 Å². The van der Waals surface area contributed by atoms with Crippen LogP contribution in [0.5, 0.6) is 0 Å². The van der Waals surface area contributed by atoms with Gasteiger partial charge < -0.3 is 0 Å². The Morgan fingerprint density at radius 1 is 1.05 bits per heavy atom. The Morgan fingerprint density at radius 3 is 2.26 bits per heavy atom. The van der Waals surface area contributed by atoms with E-state index in [2.05, 4.69) is 0 Å². The lowest BCUT2D eigenvalue weighted by atomic mass is 9.96. The molecule has 0 aromatic heterocycles. The van der Waals surface area contributed by atoms with Crippen molar-refractivity contribution in [1.29, 1.82) is 0 Å². The molecule has 0 saturated carbocycles. The van der Waals surface area contributed by atoms with Gasteiger partial charge in [-0.15, -0.1) is 11.8 Å². The summed E-state index contributed by atoms with van der Waals surface area (Å²) in [6, 6.07) is 13.4. The number of hydrogen-bond acceptors (Lipinski definition) is 2. The van der Waals surface area contributed by atoms with Crippen LogP contribution in [0.25, 0.3) is 11.1 Å². The first-order valence-corrected chi connectivity index (χ1v) is 6.89. The maximum absolute atomic E-state index is 13.6. The molecule has 2 aromatic carbocycles. The second-order valence-electron chi connectivity index (χ2n) is 4.01. The van der Waals surface area contributed by atoms with Crippen molar-refractivity contribution in [2.24, 2.45) is 0 Å². The van der Waals surface area contributed by atoms with Crippen LogP contribution in [0.1, 0.15) is 5.56 Å². The molecular weight excluding hydrogens is 266 g/mol. The first-order chi connectivity index (χ1) is 9.08. The molecule has 0 aliphatic heterocycles. The summed E-state index contributed by atoms with van der Waals surface area (Å²) in [4.78, 5) is 11.6. The van der Waals surface area contributed by atoms with Crippen molar-refractivity contribution >= 4 is 18.0 Å². The summed E-state index contributed by atoms with van der Waals surface area (Å²) in [5.41, 5.74) is 0.795. The van der Waals surface area contributed by atoms with Gasteiger partial charge in [-0.05, 0) is 29.5 Å². The highest BCUT2D eigenvalue weighted by atomic mass is 32.2. The van der Waals surface area contributed by atoms with Crippen LogP contribution in [-0.4, -0.2) is 12.5 Å². The fourth-order valence-corrected chi connectivity index (χ4v) is 2.27. The van der Waals surface area contributed by atoms with E-state index in [1.54, 1.807) is 36.0 Å². The van der Waals surface area contributed by atoms with Crippen molar-refractivity contribution in [1.82, 2.24) is 0 Å². The van der Waals surface area contributed by atoms with Gasteiger partial charge in [0.25, 0.3) is 0 Å². The van der Waals surface area contributed by atoms with Gasteiger partial charge in [-0.1, -0.05) is 36.4 Å². The van der Waals surface area contributed by atoms with E-state index in [4.69, 9.17) is 0 Å². The zero-order chi connectivity index (χ0) is 13.9. The van der Waals surface area contributed by atoms with Crippen molar-refractivity contribution in [2.45, 2.75) is 10.8 Å². The maximum Gasteiger partial charge on any atom is 0.328 e. The minimum Gasteiger partial charge on any atom is -0.296 e. The van der Waals surface area contributed by atoms with Crippen LogP contribution >= 0.6 is 11.8 Å². The summed E-state index contributed by atoms with van der Waals surface area (Å²) in [6.45, 7) is 0. The monoisotopic (exact) mass is 278 g/mol. The number of thioether (sulfide) groups is 1. The van der Waals surface area contributed by atoms with Gasteiger partial charge in [0, 0.05) is 10.5 Å². The van der Waals surface area contributed by atoms with Gasteiger partial charge in [-0.25, -0.2) is 0 Å². The summed E-state index contributed by atoms with van der Waals surface area (Å²) < 4.78 is 27.2. The lowest BCUT2D eigenvalue weighted by molar-refractivity contribution is -0.130. The van der Waals surface area contributed by atoms with Crippen LogP contribution in [0.15, 0.2) is 53.4 Å². The Kier molecular flexibility index (Phi) is 4.00. The van der Waals surface area contributed by atoms with E-state index in [9.17, 15) is 13.6 Å². The van der Waals surface area contributed by atoms with Crippen LogP contribution in [0.4, 0.5) is 8.78 Å². The average molecular weight is 278 g/mol. The van der Waals surface area contributed by atoms with Gasteiger partial charge in [0.1, 0.15) is 0 Å². The summed E-state index contributed by atoms with van der Waals surface area (Å²) >= 11 is 1.58. The Labute approximate surface area is 114 Å². The zero-order valence-electron chi connectivity index (χ0n) is 10.3. The van der Waals surface area contributed by atoms with Gasteiger partial charge in [-0.2, -0.15) is 8.78 Å². The molecule has 0 aliphatic rings. The van der Waals surface area contributed by atoms with Gasteiger partial charge in [0.15, 0.2) is 6.29 Å². The number of benzene rings is 2. The molecule has 0 bridgehead atoms. The maximum atomic E-state index is 13.6. The smallest absolute Gasteiger partial charge is 0.296 e. The lowest BCUT2D eigenvalue weighted by Gasteiger charge is -2.14. The number of aldehydes is 1. The van der Waals surface area contributed by atoms with E-state index in [1.165, 1.54) is 12.1 Å². The molecule has 0 N–H and O–H groups in total. The van der Waals surface area contributed by atoms with Crippen LogP contribution in [0.3, 0.4) is 0 Å². The van der Waals surface area contributed by atoms with E-state index in [0.717, 1.165) is 4.90 Å². The van der Waals surface area contributed by atoms with Crippen LogP contribution in [0, 0.1) is 0 Å². The van der Waals surface area contributed by atoms with Crippen molar-refractivity contribution in [3.05, 3.63) is 54.1 Å². The van der Waals surface area contributed by atoms with Crippen molar-refractivity contribution < 1.29 is 13.6 Å². The third kappa shape index (κ3) is 2.84. The topological polar surface area (TPSA) is 17.1 Å². The largest absolute Gasteiger partial charge is 0.328 e. The van der Waals surface area contributed by atoms with Crippen molar-refractivity contribution in [2.75, 3.05) is 6.26 Å². The fraction of sp³-hybridized carbons (Fsp3) is 0.133. The predicted octanol–water partition coefficient (Wildman–Crippen LogP) is 4.37. The standard InChI is InChI=1S/C15H12F2OS/c1-19-12-8-6-11(7-9-12)13-4-2-3-5-14(13)15(16,17)10-18/h2-10H,1H3. The summed E-state index contributed by atoms with van der Waals surface area (Å²) in [5.74, 6) is -3.46. The highest BCUT2D eigenvalue weighted by Crippen LogP contribution is 2.35. The van der Waals surface area contributed by atoms with Gasteiger partial charge in [-0.3, -0.25) is 4.79 Å². The molecule has 98 valence electrons. The molecule has 0 aliphatic carbocycles. The molecular formula is C15H12F2OS. The van der Waals surface area contributed by atoms with Crippen molar-refractivity contribution in [3.8, 4) is 11.1 Å². The normalized spacial score (nSPS) is 11.3. The summed E-state index contributed by atoms with van der Waals surface area (Å²) in [5, 5.41) is 0. The third-order valence-corrected chi connectivity index (χ3v) is 3.58. The average Bonchev–Trinajstić information content (AvgIpc) is 2.47. The first-order valence-electron chi connectivity index (χ1n) is 5.66. The number of carbonyl (C=O) groups is 1. The number of rotatable bonds is 4. The van der Waals surface area contributed by atoms with Crippen LogP contribution in [0.2, 0.25) is 0 Å². The Bertz CT molecular complexity index is 579. The Balaban J connectivity index is 2.52. The highest BCUT2D eigenvalue weighted by molar-refractivity contribution is 7.98. The molecule has 1 nitrogen and oxygen atoms in total. The molecule has 19 heavy (non-hydrogen) atoms. The fourth-order valence-electron chi connectivity index (χ4n) is 1.86. The van der Waals surface area contributed by atoms with Crippen molar-refractivity contribution in [3.63, 3.8) is 0 Å². The van der Waals surface area contributed by atoms with E-state index in [0.29, 0.717) is 11.1 Å². The molecule has 2 aromatic rings. The molecule has 0 radical (unpaired) electrons. The molecule has 0 spiro atoms. The highest BCUT2D eigenvalue weighted by Gasteiger charge is 2.33. The first kappa shape index (κ1) is 13.7. The predicted molar refractivity (Wildman–Crippen MR) is 73.6 cm³/mol. The van der Waals surface area contributed by atoms with Gasteiger partial charge in [0.2, 0.25) is 0 Å².